The van der Waals surface area contributed by atoms with Crippen molar-refractivity contribution in [2.24, 2.45) is 11.8 Å². The molecule has 0 aliphatic heterocycles. The number of rotatable bonds is 5. The molecule has 2 saturated carbocycles. The maximum Gasteiger partial charge on any atom is 0.0714 e. The van der Waals surface area contributed by atoms with Gasteiger partial charge in [-0.2, -0.15) is 0 Å². The lowest BCUT2D eigenvalue weighted by Gasteiger charge is -2.43. The summed E-state index contributed by atoms with van der Waals surface area (Å²) in [6.45, 7) is 6.93. The monoisotopic (exact) mass is 238 g/mol. The normalized spacial score (nSPS) is 25.6. The molecule has 2 fully saturated rings. The van der Waals surface area contributed by atoms with Crippen molar-refractivity contribution in [3.63, 3.8) is 0 Å². The van der Waals surface area contributed by atoms with E-state index < -0.39 is 0 Å². The van der Waals surface area contributed by atoms with E-state index in [1.165, 1.54) is 51.4 Å². The molecule has 0 amide bonds. The molecule has 0 N–H and O–H groups in total. The van der Waals surface area contributed by atoms with Crippen molar-refractivity contribution in [2.45, 2.75) is 90.3 Å². The van der Waals surface area contributed by atoms with Crippen molar-refractivity contribution in [3.8, 4) is 0 Å². The van der Waals surface area contributed by atoms with Gasteiger partial charge in [-0.05, 0) is 57.8 Å². The Bertz CT molecular complexity index is 208. The summed E-state index contributed by atoms with van der Waals surface area (Å²) in [5.74, 6) is 1.67. The quantitative estimate of drug-likeness (QED) is 0.659. The number of hydrogen-bond donors (Lipinski definition) is 0. The third-order valence-electron chi connectivity index (χ3n) is 5.36. The van der Waals surface area contributed by atoms with Crippen molar-refractivity contribution < 1.29 is 4.74 Å². The minimum absolute atomic E-state index is 0.183. The molecule has 0 aromatic rings. The molecular weight excluding hydrogens is 208 g/mol. The highest BCUT2D eigenvalue weighted by atomic mass is 16.5. The first-order chi connectivity index (χ1) is 8.16. The van der Waals surface area contributed by atoms with Crippen LogP contribution in [0.3, 0.4) is 0 Å². The van der Waals surface area contributed by atoms with Gasteiger partial charge in [-0.25, -0.2) is 0 Å². The van der Waals surface area contributed by atoms with Crippen LogP contribution >= 0.6 is 0 Å². The largest absolute Gasteiger partial charge is 0.372 e. The van der Waals surface area contributed by atoms with E-state index in [2.05, 4.69) is 20.8 Å². The third kappa shape index (κ3) is 2.86. The summed E-state index contributed by atoms with van der Waals surface area (Å²) in [5, 5.41) is 0. The maximum atomic E-state index is 6.55. The second-order valence-electron chi connectivity index (χ2n) is 6.48. The standard InChI is InChI=1S/C16H30O/c1-4-13(2)17-16(3,14-9-5-6-10-14)15-11-7-8-12-15/h13-15H,4-12H2,1-3H3. The lowest BCUT2D eigenvalue weighted by molar-refractivity contribution is -0.143. The van der Waals surface area contributed by atoms with E-state index >= 15 is 0 Å². The van der Waals surface area contributed by atoms with Crippen molar-refractivity contribution in [2.75, 3.05) is 0 Å². The first-order valence-corrected chi connectivity index (χ1v) is 7.84. The lowest BCUT2D eigenvalue weighted by Crippen LogP contribution is -2.45. The lowest BCUT2D eigenvalue weighted by atomic mass is 9.76. The molecule has 1 unspecified atom stereocenters. The van der Waals surface area contributed by atoms with E-state index in [0.29, 0.717) is 6.10 Å². The zero-order chi connectivity index (χ0) is 12.3. The van der Waals surface area contributed by atoms with Gasteiger partial charge >= 0.3 is 0 Å². The number of hydrogen-bond acceptors (Lipinski definition) is 1. The topological polar surface area (TPSA) is 9.23 Å². The van der Waals surface area contributed by atoms with Crippen molar-refractivity contribution in [3.05, 3.63) is 0 Å². The van der Waals surface area contributed by atoms with Gasteiger partial charge in [-0.15, -0.1) is 0 Å². The summed E-state index contributed by atoms with van der Waals surface area (Å²) in [6, 6.07) is 0. The summed E-state index contributed by atoms with van der Waals surface area (Å²) in [7, 11) is 0. The molecule has 100 valence electrons. The van der Waals surface area contributed by atoms with Gasteiger partial charge in [0.15, 0.2) is 0 Å². The zero-order valence-corrected chi connectivity index (χ0v) is 12.0. The van der Waals surface area contributed by atoms with E-state index in [9.17, 15) is 0 Å². The highest BCUT2D eigenvalue weighted by molar-refractivity contribution is 4.95. The highest BCUT2D eigenvalue weighted by Crippen LogP contribution is 2.47. The molecule has 0 bridgehead atoms. The van der Waals surface area contributed by atoms with Gasteiger partial charge in [0.05, 0.1) is 11.7 Å². The first kappa shape index (κ1) is 13.4. The minimum Gasteiger partial charge on any atom is -0.372 e. The Labute approximate surface area is 107 Å². The second kappa shape index (κ2) is 5.73. The Hall–Kier alpha value is -0.0400. The molecule has 2 rings (SSSR count). The molecule has 0 aromatic carbocycles. The molecule has 17 heavy (non-hydrogen) atoms. The molecule has 0 spiro atoms. The van der Waals surface area contributed by atoms with E-state index in [4.69, 9.17) is 4.74 Å². The average Bonchev–Trinajstić information content (AvgIpc) is 3.01. The molecule has 0 heterocycles. The van der Waals surface area contributed by atoms with E-state index in [0.717, 1.165) is 18.3 Å². The van der Waals surface area contributed by atoms with Crippen LogP contribution in [-0.2, 0) is 4.74 Å². The van der Waals surface area contributed by atoms with Crippen molar-refractivity contribution >= 4 is 0 Å². The maximum absolute atomic E-state index is 6.55. The summed E-state index contributed by atoms with van der Waals surface area (Å²) >= 11 is 0. The second-order valence-corrected chi connectivity index (χ2v) is 6.48. The molecule has 2 aliphatic rings. The van der Waals surface area contributed by atoms with Crippen LogP contribution in [-0.4, -0.2) is 11.7 Å². The predicted octanol–water partition coefficient (Wildman–Crippen LogP) is 4.94. The first-order valence-electron chi connectivity index (χ1n) is 7.84. The Balaban J connectivity index is 2.08. The Morgan fingerprint density at radius 2 is 1.41 bits per heavy atom. The van der Waals surface area contributed by atoms with Crippen LogP contribution in [0.5, 0.6) is 0 Å². The van der Waals surface area contributed by atoms with Gasteiger partial charge in [0, 0.05) is 0 Å². The molecule has 0 saturated heterocycles. The van der Waals surface area contributed by atoms with Crippen LogP contribution in [0.25, 0.3) is 0 Å². The van der Waals surface area contributed by atoms with Gasteiger partial charge in [0.1, 0.15) is 0 Å². The summed E-state index contributed by atoms with van der Waals surface area (Å²) in [5.41, 5.74) is 0.183. The van der Waals surface area contributed by atoms with Crippen molar-refractivity contribution in [1.82, 2.24) is 0 Å². The van der Waals surface area contributed by atoms with Crippen LogP contribution in [0.15, 0.2) is 0 Å². The Morgan fingerprint density at radius 1 is 1.00 bits per heavy atom. The molecule has 2 aliphatic carbocycles. The smallest absolute Gasteiger partial charge is 0.0714 e. The summed E-state index contributed by atoms with van der Waals surface area (Å²) in [4.78, 5) is 0. The van der Waals surface area contributed by atoms with Gasteiger partial charge in [-0.1, -0.05) is 32.6 Å². The van der Waals surface area contributed by atoms with Gasteiger partial charge in [-0.3, -0.25) is 0 Å². The number of ether oxygens (including phenoxy) is 1. The Morgan fingerprint density at radius 3 is 1.76 bits per heavy atom. The van der Waals surface area contributed by atoms with Gasteiger partial charge < -0.3 is 4.74 Å². The molecule has 0 radical (unpaired) electrons. The average molecular weight is 238 g/mol. The fourth-order valence-corrected chi connectivity index (χ4v) is 4.04. The zero-order valence-electron chi connectivity index (χ0n) is 12.0. The van der Waals surface area contributed by atoms with Crippen LogP contribution < -0.4 is 0 Å². The van der Waals surface area contributed by atoms with E-state index in [1.807, 2.05) is 0 Å². The molecule has 1 heteroatoms. The predicted molar refractivity (Wildman–Crippen MR) is 73.2 cm³/mol. The summed E-state index contributed by atoms with van der Waals surface area (Å²) < 4.78 is 6.55. The van der Waals surface area contributed by atoms with Crippen LogP contribution in [0, 0.1) is 11.8 Å². The summed E-state index contributed by atoms with van der Waals surface area (Å²) in [6.07, 6.45) is 12.9. The van der Waals surface area contributed by atoms with E-state index in [1.54, 1.807) is 0 Å². The molecular formula is C16H30O. The van der Waals surface area contributed by atoms with Crippen LogP contribution in [0.4, 0.5) is 0 Å². The fraction of sp³-hybridized carbons (Fsp3) is 1.00. The highest BCUT2D eigenvalue weighted by Gasteiger charge is 2.44. The van der Waals surface area contributed by atoms with Crippen LogP contribution in [0.2, 0.25) is 0 Å². The van der Waals surface area contributed by atoms with Gasteiger partial charge in [0.2, 0.25) is 0 Å². The van der Waals surface area contributed by atoms with E-state index in [-0.39, 0.29) is 5.60 Å². The third-order valence-corrected chi connectivity index (χ3v) is 5.36. The van der Waals surface area contributed by atoms with Gasteiger partial charge in [0.25, 0.3) is 0 Å². The SMILES string of the molecule is CCC(C)OC(C)(C1CCCC1)C1CCCC1. The molecule has 0 aromatic heterocycles. The van der Waals surface area contributed by atoms with Crippen molar-refractivity contribution in [1.29, 1.82) is 0 Å². The Kier molecular flexibility index (Phi) is 4.52. The molecule has 1 atom stereocenters. The fourth-order valence-electron chi connectivity index (χ4n) is 4.04. The molecule has 1 nitrogen and oxygen atoms in total. The van der Waals surface area contributed by atoms with Crippen LogP contribution in [0.1, 0.15) is 78.6 Å². The minimum atomic E-state index is 0.183.